The van der Waals surface area contributed by atoms with Gasteiger partial charge in [0.2, 0.25) is 0 Å². The Morgan fingerprint density at radius 3 is 2.53 bits per heavy atom. The van der Waals surface area contributed by atoms with Gasteiger partial charge in [0, 0.05) is 10.5 Å². The zero-order valence-electron chi connectivity index (χ0n) is 8.64. The molecule has 0 bridgehead atoms. The van der Waals surface area contributed by atoms with Gasteiger partial charge in [-0.25, -0.2) is 0 Å². The van der Waals surface area contributed by atoms with Gasteiger partial charge in [-0.1, -0.05) is 6.07 Å². The summed E-state index contributed by atoms with van der Waals surface area (Å²) in [5, 5.41) is 2.55. The van der Waals surface area contributed by atoms with Crippen molar-refractivity contribution < 1.29 is 18.0 Å². The predicted octanol–water partition coefficient (Wildman–Crippen LogP) is 3.36. The van der Waals surface area contributed by atoms with Crippen LogP contribution in [0.3, 0.4) is 0 Å². The van der Waals surface area contributed by atoms with Gasteiger partial charge in [-0.3, -0.25) is 4.79 Å². The second-order valence-corrected chi connectivity index (χ2v) is 4.76. The van der Waals surface area contributed by atoms with Crippen LogP contribution in [0.15, 0.2) is 22.7 Å². The van der Waals surface area contributed by atoms with E-state index in [2.05, 4.69) is 21.2 Å². The standard InChI is InChI=1S/C11H9BrF3NO/c12-8-3-1-2-7(11(13,14)15)9(8)10(17)16-6-4-5-6/h1-3,6H,4-5H2,(H,16,17). The molecule has 2 rings (SSSR count). The summed E-state index contributed by atoms with van der Waals surface area (Å²) in [5.74, 6) is -0.674. The molecule has 1 aromatic rings. The van der Waals surface area contributed by atoms with Gasteiger partial charge in [0.05, 0.1) is 11.1 Å². The van der Waals surface area contributed by atoms with Gasteiger partial charge in [0.1, 0.15) is 0 Å². The zero-order valence-corrected chi connectivity index (χ0v) is 10.2. The highest BCUT2D eigenvalue weighted by atomic mass is 79.9. The summed E-state index contributed by atoms with van der Waals surface area (Å²) in [6, 6.07) is 3.63. The lowest BCUT2D eigenvalue weighted by molar-refractivity contribution is -0.138. The Morgan fingerprint density at radius 2 is 2.00 bits per heavy atom. The van der Waals surface area contributed by atoms with Gasteiger partial charge < -0.3 is 5.32 Å². The molecule has 1 aromatic carbocycles. The third-order valence-corrected chi connectivity index (χ3v) is 3.12. The number of hydrogen-bond donors (Lipinski definition) is 1. The number of benzene rings is 1. The fourth-order valence-corrected chi connectivity index (χ4v) is 2.02. The van der Waals surface area contributed by atoms with Gasteiger partial charge in [-0.2, -0.15) is 13.2 Å². The van der Waals surface area contributed by atoms with Crippen LogP contribution in [0.2, 0.25) is 0 Å². The van der Waals surface area contributed by atoms with Crippen molar-refractivity contribution in [2.75, 3.05) is 0 Å². The van der Waals surface area contributed by atoms with Crippen LogP contribution in [0.4, 0.5) is 13.2 Å². The number of carbonyl (C=O) groups is 1. The van der Waals surface area contributed by atoms with Gasteiger partial charge in [-0.05, 0) is 40.9 Å². The van der Waals surface area contributed by atoms with E-state index in [4.69, 9.17) is 0 Å². The van der Waals surface area contributed by atoms with Crippen molar-refractivity contribution in [2.45, 2.75) is 25.1 Å². The highest BCUT2D eigenvalue weighted by Gasteiger charge is 2.37. The molecule has 0 aliphatic heterocycles. The summed E-state index contributed by atoms with van der Waals surface area (Å²) in [4.78, 5) is 11.7. The van der Waals surface area contributed by atoms with Gasteiger partial charge in [0.15, 0.2) is 0 Å². The molecule has 1 fully saturated rings. The Labute approximate surface area is 104 Å². The number of carbonyl (C=O) groups excluding carboxylic acids is 1. The Hall–Kier alpha value is -1.04. The summed E-state index contributed by atoms with van der Waals surface area (Å²) in [6.45, 7) is 0. The Kier molecular flexibility index (Phi) is 3.16. The van der Waals surface area contributed by atoms with Gasteiger partial charge in [0.25, 0.3) is 5.91 Å². The normalized spacial score (nSPS) is 15.8. The maximum Gasteiger partial charge on any atom is 0.417 e. The molecule has 1 amide bonds. The minimum atomic E-state index is -4.53. The van der Waals surface area contributed by atoms with Crippen LogP contribution in [0.25, 0.3) is 0 Å². The van der Waals surface area contributed by atoms with Crippen molar-refractivity contribution in [3.8, 4) is 0 Å². The Morgan fingerprint density at radius 1 is 1.35 bits per heavy atom. The van der Waals surface area contributed by atoms with Crippen LogP contribution in [0.5, 0.6) is 0 Å². The highest BCUT2D eigenvalue weighted by Crippen LogP contribution is 2.35. The van der Waals surface area contributed by atoms with Crippen LogP contribution in [0, 0.1) is 0 Å². The van der Waals surface area contributed by atoms with Crippen molar-refractivity contribution in [1.82, 2.24) is 5.32 Å². The molecule has 0 radical (unpaired) electrons. The molecular weight excluding hydrogens is 299 g/mol. The van der Waals surface area contributed by atoms with Crippen molar-refractivity contribution >= 4 is 21.8 Å². The SMILES string of the molecule is O=C(NC1CC1)c1c(Br)cccc1C(F)(F)F. The van der Waals surface area contributed by atoms with E-state index < -0.39 is 17.6 Å². The Bertz CT molecular complexity index is 455. The van der Waals surface area contributed by atoms with E-state index in [0.29, 0.717) is 0 Å². The molecule has 17 heavy (non-hydrogen) atoms. The van der Waals surface area contributed by atoms with Crippen LogP contribution in [-0.2, 0) is 6.18 Å². The molecular formula is C11H9BrF3NO. The van der Waals surface area contributed by atoms with Crippen molar-refractivity contribution in [2.24, 2.45) is 0 Å². The second kappa shape index (κ2) is 4.33. The fourth-order valence-electron chi connectivity index (χ4n) is 1.48. The first-order valence-electron chi connectivity index (χ1n) is 5.06. The third-order valence-electron chi connectivity index (χ3n) is 2.46. The molecule has 0 spiro atoms. The smallest absolute Gasteiger partial charge is 0.349 e. The van der Waals surface area contributed by atoms with Crippen LogP contribution in [0.1, 0.15) is 28.8 Å². The Balaban J connectivity index is 2.39. The maximum atomic E-state index is 12.7. The first kappa shape index (κ1) is 12.4. The van der Waals surface area contributed by atoms with E-state index in [1.807, 2.05) is 0 Å². The van der Waals surface area contributed by atoms with Crippen molar-refractivity contribution in [1.29, 1.82) is 0 Å². The zero-order chi connectivity index (χ0) is 12.6. The van der Waals surface area contributed by atoms with Crippen LogP contribution < -0.4 is 5.32 Å². The lowest BCUT2D eigenvalue weighted by atomic mass is 10.1. The topological polar surface area (TPSA) is 29.1 Å². The van der Waals surface area contributed by atoms with E-state index in [-0.39, 0.29) is 16.1 Å². The largest absolute Gasteiger partial charge is 0.417 e. The average Bonchev–Trinajstić information content (AvgIpc) is 2.99. The molecule has 0 heterocycles. The molecule has 1 saturated carbocycles. The number of alkyl halides is 3. The summed E-state index contributed by atoms with van der Waals surface area (Å²) < 4.78 is 38.4. The van der Waals surface area contributed by atoms with E-state index in [9.17, 15) is 18.0 Å². The maximum absolute atomic E-state index is 12.7. The molecule has 0 unspecified atom stereocenters. The molecule has 1 aliphatic rings. The lowest BCUT2D eigenvalue weighted by Crippen LogP contribution is -2.28. The van der Waals surface area contributed by atoms with Crippen molar-refractivity contribution in [3.63, 3.8) is 0 Å². The molecule has 0 aromatic heterocycles. The molecule has 0 saturated heterocycles. The fraction of sp³-hybridized carbons (Fsp3) is 0.364. The van der Waals surface area contributed by atoms with Crippen molar-refractivity contribution in [3.05, 3.63) is 33.8 Å². The summed E-state index contributed by atoms with van der Waals surface area (Å²) in [6.07, 6.45) is -2.87. The van der Waals surface area contributed by atoms with E-state index in [0.717, 1.165) is 18.9 Å². The summed E-state index contributed by atoms with van der Waals surface area (Å²) in [5.41, 5.74) is -1.25. The van der Waals surface area contributed by atoms with Gasteiger partial charge >= 0.3 is 6.18 Å². The molecule has 2 nitrogen and oxygen atoms in total. The molecule has 92 valence electrons. The van der Waals surface area contributed by atoms with Crippen LogP contribution in [-0.4, -0.2) is 11.9 Å². The molecule has 1 aliphatic carbocycles. The van der Waals surface area contributed by atoms with E-state index in [1.54, 1.807) is 0 Å². The highest BCUT2D eigenvalue weighted by molar-refractivity contribution is 9.10. The number of hydrogen-bond acceptors (Lipinski definition) is 1. The lowest BCUT2D eigenvalue weighted by Gasteiger charge is -2.14. The number of halogens is 4. The monoisotopic (exact) mass is 307 g/mol. The van der Waals surface area contributed by atoms with E-state index in [1.165, 1.54) is 12.1 Å². The number of amides is 1. The minimum absolute atomic E-state index is 0.0238. The third kappa shape index (κ3) is 2.80. The molecule has 0 atom stereocenters. The summed E-state index contributed by atoms with van der Waals surface area (Å²) >= 11 is 2.99. The minimum Gasteiger partial charge on any atom is -0.349 e. The number of rotatable bonds is 2. The number of nitrogens with one attached hydrogen (secondary N) is 1. The first-order chi connectivity index (χ1) is 7.89. The quantitative estimate of drug-likeness (QED) is 0.892. The molecule has 6 heteroatoms. The average molecular weight is 308 g/mol. The summed E-state index contributed by atoms with van der Waals surface area (Å²) in [7, 11) is 0. The van der Waals surface area contributed by atoms with Crippen LogP contribution >= 0.6 is 15.9 Å². The predicted molar refractivity (Wildman–Crippen MR) is 59.6 cm³/mol. The second-order valence-electron chi connectivity index (χ2n) is 3.91. The molecule has 1 N–H and O–H groups in total. The first-order valence-corrected chi connectivity index (χ1v) is 5.85. The van der Waals surface area contributed by atoms with Gasteiger partial charge in [-0.15, -0.1) is 0 Å². The van der Waals surface area contributed by atoms with E-state index >= 15 is 0 Å².